The molecule has 1 N–H and O–H groups in total. The normalized spacial score (nSPS) is 16.9. The number of hydrogen-bond acceptors (Lipinski definition) is 6. The van der Waals surface area contributed by atoms with E-state index in [1.165, 1.54) is 7.11 Å². The average Bonchev–Trinajstić information content (AvgIpc) is 2.63. The lowest BCUT2D eigenvalue weighted by molar-refractivity contribution is -0.125. The summed E-state index contributed by atoms with van der Waals surface area (Å²) in [6, 6.07) is 6.93. The van der Waals surface area contributed by atoms with E-state index in [4.69, 9.17) is 16.3 Å². The number of carbonyl (C=O) groups is 2. The van der Waals surface area contributed by atoms with E-state index in [1.807, 2.05) is 12.1 Å². The Hall–Kier alpha value is -1.83. The second-order valence-corrected chi connectivity index (χ2v) is 6.27. The molecule has 1 saturated heterocycles. The van der Waals surface area contributed by atoms with Gasteiger partial charge in [0.2, 0.25) is 5.91 Å². The van der Waals surface area contributed by atoms with Gasteiger partial charge < -0.3 is 9.47 Å². The fraction of sp³-hybridized carbons (Fsp3) is 0.529. The molecule has 0 bridgehead atoms. The molecule has 0 saturated carbocycles. The van der Waals surface area contributed by atoms with Crippen LogP contribution in [-0.2, 0) is 9.53 Å². The van der Waals surface area contributed by atoms with Crippen LogP contribution < -0.4 is 10.1 Å². The maximum absolute atomic E-state index is 11.9. The minimum absolute atomic E-state index is 0.341. The highest BCUT2D eigenvalue weighted by Gasteiger charge is 2.26. The monoisotopic (exact) mass is 369 g/mol. The first kappa shape index (κ1) is 19.5. The number of imide groups is 1. The van der Waals surface area contributed by atoms with E-state index in [1.54, 1.807) is 19.1 Å². The molecule has 0 radical (unpaired) electrons. The highest BCUT2D eigenvalue weighted by Crippen LogP contribution is 2.15. The standard InChI is InChI=1S/C17H24ClN3O4/c1-13(16(22)19-17(23)24-2)21-9-7-20(8-10-21)11-12-25-15-5-3-14(18)4-6-15/h3-6,13H,7-12H2,1-2H3,(H,19,22,23)/t13-/m1/s1. The number of rotatable bonds is 6. The highest BCUT2D eigenvalue weighted by atomic mass is 35.5. The van der Waals surface area contributed by atoms with Gasteiger partial charge >= 0.3 is 6.09 Å². The first-order valence-corrected chi connectivity index (χ1v) is 8.61. The van der Waals surface area contributed by atoms with Gasteiger partial charge in [0.1, 0.15) is 12.4 Å². The van der Waals surface area contributed by atoms with Crippen molar-refractivity contribution >= 4 is 23.6 Å². The topological polar surface area (TPSA) is 71.1 Å². The molecule has 7 nitrogen and oxygen atoms in total. The van der Waals surface area contributed by atoms with E-state index in [2.05, 4.69) is 19.9 Å². The van der Waals surface area contributed by atoms with Gasteiger partial charge in [-0.3, -0.25) is 19.9 Å². The maximum Gasteiger partial charge on any atom is 0.413 e. The van der Waals surface area contributed by atoms with E-state index in [0.29, 0.717) is 11.6 Å². The minimum Gasteiger partial charge on any atom is -0.492 e. The first-order valence-electron chi connectivity index (χ1n) is 8.23. The molecule has 1 aliphatic rings. The molecule has 1 aliphatic heterocycles. The number of methoxy groups -OCH3 is 1. The average molecular weight is 370 g/mol. The summed E-state index contributed by atoms with van der Waals surface area (Å²) in [5.74, 6) is 0.461. The molecule has 1 aromatic rings. The third-order valence-corrected chi connectivity index (χ3v) is 4.49. The fourth-order valence-electron chi connectivity index (χ4n) is 2.62. The summed E-state index contributed by atoms with van der Waals surface area (Å²) in [6.07, 6.45) is -0.727. The lowest BCUT2D eigenvalue weighted by Crippen LogP contribution is -2.54. The number of ether oxygens (including phenoxy) is 2. The molecule has 1 aromatic carbocycles. The van der Waals surface area contributed by atoms with Crippen LogP contribution in [0.1, 0.15) is 6.92 Å². The molecule has 0 aliphatic carbocycles. The summed E-state index contributed by atoms with van der Waals surface area (Å²) >= 11 is 5.84. The lowest BCUT2D eigenvalue weighted by Gasteiger charge is -2.37. The molecule has 2 rings (SSSR count). The molecule has 1 heterocycles. The van der Waals surface area contributed by atoms with Gasteiger partial charge in [-0.2, -0.15) is 0 Å². The van der Waals surface area contributed by atoms with Crippen LogP contribution in [0.25, 0.3) is 0 Å². The third-order valence-electron chi connectivity index (χ3n) is 4.23. The van der Waals surface area contributed by atoms with Crippen molar-refractivity contribution in [3.63, 3.8) is 0 Å². The predicted octanol–water partition coefficient (Wildman–Crippen LogP) is 1.61. The highest BCUT2D eigenvalue weighted by molar-refractivity contribution is 6.30. The second-order valence-electron chi connectivity index (χ2n) is 5.84. The molecule has 138 valence electrons. The van der Waals surface area contributed by atoms with Gasteiger partial charge in [0, 0.05) is 37.7 Å². The number of piperazine rings is 1. The largest absolute Gasteiger partial charge is 0.492 e. The number of benzene rings is 1. The van der Waals surface area contributed by atoms with E-state index in [-0.39, 0.29) is 11.9 Å². The fourth-order valence-corrected chi connectivity index (χ4v) is 2.75. The number of nitrogens with zero attached hydrogens (tertiary/aromatic N) is 2. The van der Waals surface area contributed by atoms with Crippen molar-refractivity contribution in [2.24, 2.45) is 0 Å². The van der Waals surface area contributed by atoms with E-state index < -0.39 is 6.09 Å². The van der Waals surface area contributed by atoms with Crippen LogP contribution in [0.2, 0.25) is 5.02 Å². The van der Waals surface area contributed by atoms with Gasteiger partial charge in [-0.25, -0.2) is 4.79 Å². The SMILES string of the molecule is COC(=O)NC(=O)[C@@H](C)N1CCN(CCOc2ccc(Cl)cc2)CC1. The third kappa shape index (κ3) is 6.19. The predicted molar refractivity (Wildman–Crippen MR) is 95.0 cm³/mol. The number of alkyl carbamates (subject to hydrolysis) is 1. The maximum atomic E-state index is 11.9. The van der Waals surface area contributed by atoms with Crippen molar-refractivity contribution < 1.29 is 19.1 Å². The van der Waals surface area contributed by atoms with Gasteiger partial charge in [0.25, 0.3) is 0 Å². The smallest absolute Gasteiger partial charge is 0.413 e. The van der Waals surface area contributed by atoms with Crippen molar-refractivity contribution in [2.45, 2.75) is 13.0 Å². The molecule has 1 fully saturated rings. The first-order chi connectivity index (χ1) is 12.0. The van der Waals surface area contributed by atoms with E-state index in [9.17, 15) is 9.59 Å². The molecule has 0 aromatic heterocycles. The Balaban J connectivity index is 1.67. The zero-order valence-corrected chi connectivity index (χ0v) is 15.3. The van der Waals surface area contributed by atoms with Crippen molar-refractivity contribution in [3.8, 4) is 5.75 Å². The summed E-state index contributed by atoms with van der Waals surface area (Å²) in [6.45, 7) is 6.42. The zero-order valence-electron chi connectivity index (χ0n) is 14.5. The van der Waals surface area contributed by atoms with E-state index >= 15 is 0 Å². The summed E-state index contributed by atoms with van der Waals surface area (Å²) in [7, 11) is 1.23. The Bertz CT molecular complexity index is 574. The zero-order chi connectivity index (χ0) is 18.2. The minimum atomic E-state index is -0.727. The lowest BCUT2D eigenvalue weighted by atomic mass is 10.2. The number of nitrogens with one attached hydrogen (secondary N) is 1. The van der Waals surface area contributed by atoms with Crippen molar-refractivity contribution in [1.29, 1.82) is 0 Å². The Morgan fingerprint density at radius 2 is 1.84 bits per heavy atom. The summed E-state index contributed by atoms with van der Waals surface area (Å²) in [5, 5.41) is 2.90. The van der Waals surface area contributed by atoms with Gasteiger partial charge in [0.05, 0.1) is 13.2 Å². The molecule has 1 atom stereocenters. The van der Waals surface area contributed by atoms with Gasteiger partial charge in [-0.1, -0.05) is 11.6 Å². The molecule has 25 heavy (non-hydrogen) atoms. The number of carbonyl (C=O) groups excluding carboxylic acids is 2. The van der Waals surface area contributed by atoms with Crippen LogP contribution in [0.4, 0.5) is 4.79 Å². The van der Waals surface area contributed by atoms with Crippen LogP contribution in [0, 0.1) is 0 Å². The molecule has 8 heteroatoms. The van der Waals surface area contributed by atoms with Crippen LogP contribution >= 0.6 is 11.6 Å². The Labute approximate surface area is 152 Å². The van der Waals surface area contributed by atoms with Crippen molar-refractivity contribution in [1.82, 2.24) is 15.1 Å². The van der Waals surface area contributed by atoms with Crippen LogP contribution in [-0.4, -0.2) is 74.3 Å². The second kappa shape index (κ2) is 9.60. The Morgan fingerprint density at radius 1 is 1.20 bits per heavy atom. The van der Waals surface area contributed by atoms with Crippen LogP contribution in [0.3, 0.4) is 0 Å². The summed E-state index contributed by atoms with van der Waals surface area (Å²) < 4.78 is 10.1. The number of amides is 2. The quantitative estimate of drug-likeness (QED) is 0.821. The molecule has 0 spiro atoms. The van der Waals surface area contributed by atoms with E-state index in [0.717, 1.165) is 38.5 Å². The number of hydrogen-bond donors (Lipinski definition) is 1. The van der Waals surface area contributed by atoms with Gasteiger partial charge in [0.15, 0.2) is 0 Å². The molecule has 2 amide bonds. The molecular weight excluding hydrogens is 346 g/mol. The van der Waals surface area contributed by atoms with Crippen LogP contribution in [0.5, 0.6) is 5.75 Å². The Kier molecular flexibility index (Phi) is 7.49. The molecule has 0 unspecified atom stereocenters. The number of halogens is 1. The molecular formula is C17H24ClN3O4. The summed E-state index contributed by atoms with van der Waals surface area (Å²) in [4.78, 5) is 27.4. The van der Waals surface area contributed by atoms with Gasteiger partial charge in [-0.05, 0) is 31.2 Å². The summed E-state index contributed by atoms with van der Waals surface area (Å²) in [5.41, 5.74) is 0. The van der Waals surface area contributed by atoms with Crippen LogP contribution in [0.15, 0.2) is 24.3 Å². The van der Waals surface area contributed by atoms with Gasteiger partial charge in [-0.15, -0.1) is 0 Å². The van der Waals surface area contributed by atoms with Crippen molar-refractivity contribution in [3.05, 3.63) is 29.3 Å². The Morgan fingerprint density at radius 3 is 2.44 bits per heavy atom. The van der Waals surface area contributed by atoms with Crippen molar-refractivity contribution in [2.75, 3.05) is 46.4 Å².